The van der Waals surface area contributed by atoms with Crippen LogP contribution in [0.25, 0.3) is 22.4 Å². The first kappa shape index (κ1) is 19.9. The number of hydrogen-bond donors (Lipinski definition) is 1. The maximum atomic E-state index is 12.7. The van der Waals surface area contributed by atoms with Crippen molar-refractivity contribution in [2.24, 2.45) is 13.0 Å². The van der Waals surface area contributed by atoms with E-state index in [-0.39, 0.29) is 17.9 Å². The lowest BCUT2D eigenvalue weighted by Crippen LogP contribution is -2.33. The molecule has 2 aromatic carbocycles. The second kappa shape index (κ2) is 8.53. The van der Waals surface area contributed by atoms with Crippen LogP contribution >= 0.6 is 0 Å². The molecule has 0 saturated heterocycles. The first-order valence-corrected chi connectivity index (χ1v) is 10.2. The summed E-state index contributed by atoms with van der Waals surface area (Å²) in [5.74, 6) is 2.30. The Balaban J connectivity index is 1.43. The van der Waals surface area contributed by atoms with Crippen LogP contribution in [0.15, 0.2) is 65.2 Å². The Morgan fingerprint density at radius 2 is 1.83 bits per heavy atom. The molecule has 1 amide bonds. The Morgan fingerprint density at radius 1 is 1.10 bits per heavy atom. The van der Waals surface area contributed by atoms with Crippen LogP contribution in [-0.4, -0.2) is 20.4 Å². The molecule has 0 aliphatic heterocycles. The van der Waals surface area contributed by atoms with Crippen LogP contribution in [0.1, 0.15) is 38.0 Å². The Bertz CT molecular complexity index is 1140. The van der Waals surface area contributed by atoms with E-state index in [1.807, 2.05) is 61.6 Å². The average Bonchev–Trinajstić information content (AvgIpc) is 3.36. The van der Waals surface area contributed by atoms with Gasteiger partial charge in [-0.05, 0) is 18.1 Å². The van der Waals surface area contributed by atoms with Gasteiger partial charge in [-0.1, -0.05) is 56.3 Å². The van der Waals surface area contributed by atoms with Gasteiger partial charge < -0.3 is 14.3 Å². The summed E-state index contributed by atoms with van der Waals surface area (Å²) >= 11 is 0. The number of oxazole rings is 1. The summed E-state index contributed by atoms with van der Waals surface area (Å²) in [6, 6.07) is 17.7. The third-order valence-electron chi connectivity index (χ3n) is 5.26. The van der Waals surface area contributed by atoms with Gasteiger partial charge in [0.2, 0.25) is 5.91 Å². The van der Waals surface area contributed by atoms with Crippen LogP contribution in [0.2, 0.25) is 0 Å². The highest BCUT2D eigenvalue weighted by atomic mass is 16.4. The molecule has 0 aliphatic rings. The molecule has 1 N–H and O–H groups in total. The number of amides is 1. The van der Waals surface area contributed by atoms with E-state index < -0.39 is 0 Å². The van der Waals surface area contributed by atoms with Gasteiger partial charge in [0.15, 0.2) is 11.7 Å². The van der Waals surface area contributed by atoms with Crippen molar-refractivity contribution in [3.05, 3.63) is 72.5 Å². The minimum absolute atomic E-state index is 0.0415. The predicted molar refractivity (Wildman–Crippen MR) is 117 cm³/mol. The SMILES string of the molecule is CC(C)C(NC(=O)CCc1ncc(-c2ccccc2)o1)c1nc2ccccc2n1C. The second-order valence-electron chi connectivity index (χ2n) is 7.79. The molecule has 0 fully saturated rings. The van der Waals surface area contributed by atoms with Crippen LogP contribution in [0.4, 0.5) is 0 Å². The third kappa shape index (κ3) is 4.13. The number of carbonyl (C=O) groups excluding carboxylic acids is 1. The number of rotatable bonds is 7. The molecule has 0 aliphatic carbocycles. The summed E-state index contributed by atoms with van der Waals surface area (Å²) in [5, 5.41) is 3.15. The van der Waals surface area contributed by atoms with Crippen molar-refractivity contribution in [3.8, 4) is 11.3 Å². The highest BCUT2D eigenvalue weighted by molar-refractivity contribution is 5.78. The lowest BCUT2D eigenvalue weighted by atomic mass is 10.0. The highest BCUT2D eigenvalue weighted by Crippen LogP contribution is 2.25. The van der Waals surface area contributed by atoms with E-state index in [1.165, 1.54) is 0 Å². The van der Waals surface area contributed by atoms with Crippen LogP contribution in [0, 0.1) is 5.92 Å². The fourth-order valence-corrected chi connectivity index (χ4v) is 3.60. The molecule has 154 valence electrons. The van der Waals surface area contributed by atoms with Crippen molar-refractivity contribution in [1.82, 2.24) is 19.9 Å². The molecule has 0 spiro atoms. The molecule has 0 bridgehead atoms. The van der Waals surface area contributed by atoms with Crippen molar-refractivity contribution in [2.75, 3.05) is 0 Å². The molecule has 1 unspecified atom stereocenters. The Labute approximate surface area is 176 Å². The van der Waals surface area contributed by atoms with Crippen molar-refractivity contribution in [3.63, 3.8) is 0 Å². The highest BCUT2D eigenvalue weighted by Gasteiger charge is 2.24. The van der Waals surface area contributed by atoms with Gasteiger partial charge in [-0.2, -0.15) is 0 Å². The molecule has 4 aromatic rings. The zero-order valence-corrected chi connectivity index (χ0v) is 17.5. The van der Waals surface area contributed by atoms with Gasteiger partial charge in [0.1, 0.15) is 5.82 Å². The number of carbonyl (C=O) groups is 1. The van der Waals surface area contributed by atoms with E-state index in [9.17, 15) is 4.79 Å². The number of benzene rings is 2. The monoisotopic (exact) mass is 402 g/mol. The molecule has 2 aromatic heterocycles. The van der Waals surface area contributed by atoms with E-state index in [1.54, 1.807) is 6.20 Å². The lowest BCUT2D eigenvalue weighted by Gasteiger charge is -2.22. The van der Waals surface area contributed by atoms with Crippen LogP contribution in [0.5, 0.6) is 0 Å². The minimum atomic E-state index is -0.167. The average molecular weight is 402 g/mol. The zero-order valence-electron chi connectivity index (χ0n) is 17.5. The largest absolute Gasteiger partial charge is 0.441 e. The molecule has 2 heterocycles. The summed E-state index contributed by atoms with van der Waals surface area (Å²) in [6.07, 6.45) is 2.47. The fraction of sp³-hybridized carbons (Fsp3) is 0.292. The van der Waals surface area contributed by atoms with E-state index in [0.717, 1.165) is 22.4 Å². The number of imidazole rings is 1. The first-order chi connectivity index (χ1) is 14.5. The Kier molecular flexibility index (Phi) is 5.65. The minimum Gasteiger partial charge on any atom is -0.441 e. The smallest absolute Gasteiger partial charge is 0.221 e. The van der Waals surface area contributed by atoms with Gasteiger partial charge in [0, 0.05) is 25.5 Å². The van der Waals surface area contributed by atoms with Gasteiger partial charge in [-0.3, -0.25) is 4.79 Å². The number of aryl methyl sites for hydroxylation is 2. The first-order valence-electron chi connectivity index (χ1n) is 10.2. The molecule has 1 atom stereocenters. The summed E-state index contributed by atoms with van der Waals surface area (Å²) < 4.78 is 7.86. The molecule has 6 heteroatoms. The van der Waals surface area contributed by atoms with Crippen molar-refractivity contribution >= 4 is 16.9 Å². The predicted octanol–water partition coefficient (Wildman–Crippen LogP) is 4.67. The zero-order chi connectivity index (χ0) is 21.1. The second-order valence-corrected chi connectivity index (χ2v) is 7.79. The number of fused-ring (bicyclic) bond motifs is 1. The van der Waals surface area contributed by atoms with Crippen molar-refractivity contribution in [1.29, 1.82) is 0 Å². The third-order valence-corrected chi connectivity index (χ3v) is 5.26. The van der Waals surface area contributed by atoms with E-state index in [4.69, 9.17) is 9.40 Å². The molecule has 30 heavy (non-hydrogen) atoms. The maximum Gasteiger partial charge on any atom is 0.221 e. The summed E-state index contributed by atoms with van der Waals surface area (Å²) in [4.78, 5) is 21.8. The van der Waals surface area contributed by atoms with Gasteiger partial charge in [0.05, 0.1) is 23.3 Å². The van der Waals surface area contributed by atoms with Crippen molar-refractivity contribution < 1.29 is 9.21 Å². The summed E-state index contributed by atoms with van der Waals surface area (Å²) in [5.41, 5.74) is 2.96. The standard InChI is InChI=1S/C24H26N4O2/c1-16(2)23(24-26-18-11-7-8-12-19(18)28(24)3)27-21(29)13-14-22-25-15-20(30-22)17-9-5-4-6-10-17/h4-12,15-16,23H,13-14H2,1-3H3,(H,27,29). The van der Waals surface area contributed by atoms with Gasteiger partial charge in [0.25, 0.3) is 0 Å². The lowest BCUT2D eigenvalue weighted by molar-refractivity contribution is -0.122. The van der Waals surface area contributed by atoms with E-state index in [2.05, 4.69) is 28.7 Å². The van der Waals surface area contributed by atoms with Crippen LogP contribution in [0.3, 0.4) is 0 Å². The van der Waals surface area contributed by atoms with Crippen LogP contribution in [-0.2, 0) is 18.3 Å². The topological polar surface area (TPSA) is 73.0 Å². The molecule has 0 radical (unpaired) electrons. The quantitative estimate of drug-likeness (QED) is 0.487. The summed E-state index contributed by atoms with van der Waals surface area (Å²) in [7, 11) is 1.99. The number of nitrogens with zero attached hydrogens (tertiary/aromatic N) is 3. The van der Waals surface area contributed by atoms with Gasteiger partial charge >= 0.3 is 0 Å². The number of hydrogen-bond acceptors (Lipinski definition) is 4. The number of nitrogens with one attached hydrogen (secondary N) is 1. The molecule has 6 nitrogen and oxygen atoms in total. The summed E-state index contributed by atoms with van der Waals surface area (Å²) in [6.45, 7) is 4.18. The number of aromatic nitrogens is 3. The van der Waals surface area contributed by atoms with Crippen molar-refractivity contribution in [2.45, 2.75) is 32.7 Å². The number of para-hydroxylation sites is 2. The van der Waals surface area contributed by atoms with E-state index in [0.29, 0.717) is 24.5 Å². The molecule has 0 saturated carbocycles. The maximum absolute atomic E-state index is 12.7. The fourth-order valence-electron chi connectivity index (χ4n) is 3.60. The molecular weight excluding hydrogens is 376 g/mol. The molecular formula is C24H26N4O2. The van der Waals surface area contributed by atoms with E-state index >= 15 is 0 Å². The Morgan fingerprint density at radius 3 is 2.57 bits per heavy atom. The Hall–Kier alpha value is -3.41. The normalized spacial score (nSPS) is 12.4. The van der Waals surface area contributed by atoms with Crippen LogP contribution < -0.4 is 5.32 Å². The van der Waals surface area contributed by atoms with Gasteiger partial charge in [-0.25, -0.2) is 9.97 Å². The molecule has 4 rings (SSSR count). The van der Waals surface area contributed by atoms with Gasteiger partial charge in [-0.15, -0.1) is 0 Å².